The van der Waals surface area contributed by atoms with Crippen LogP contribution in [0.5, 0.6) is 0 Å². The third-order valence-electron chi connectivity index (χ3n) is 6.00. The Labute approximate surface area is 174 Å². The van der Waals surface area contributed by atoms with Crippen molar-refractivity contribution in [1.82, 2.24) is 4.98 Å². The van der Waals surface area contributed by atoms with Crippen LogP contribution in [-0.4, -0.2) is 4.98 Å². The Morgan fingerprint density at radius 2 is 1.40 bits per heavy atom. The molecule has 3 heteroatoms. The molecule has 0 amide bonds. The van der Waals surface area contributed by atoms with Gasteiger partial charge in [-0.2, -0.15) is 0 Å². The number of nitrogens with zero attached hydrogens (tertiary/aromatic N) is 1. The lowest BCUT2D eigenvalue weighted by Crippen LogP contribution is -2.09. The average molecular weight is 388 g/mol. The van der Waals surface area contributed by atoms with Gasteiger partial charge < -0.3 is 10.2 Å². The standard InChI is InChI=1S/C27H20N2O/c28-24-21-16-15-17-9-7-8-14-20(17)25(21)29-27-23(24)22(18-10-3-1-4-11-18)26(30-27)19-12-5-2-6-13-19/h1-14H,15-16H2,(H2,28,29). The first kappa shape index (κ1) is 17.0. The van der Waals surface area contributed by atoms with Crippen LogP contribution in [0.1, 0.15) is 11.1 Å². The van der Waals surface area contributed by atoms with Crippen LogP contribution < -0.4 is 5.73 Å². The molecule has 1 aliphatic rings. The predicted molar refractivity (Wildman–Crippen MR) is 122 cm³/mol. The number of rotatable bonds is 2. The van der Waals surface area contributed by atoms with Crippen LogP contribution in [0.4, 0.5) is 5.69 Å². The van der Waals surface area contributed by atoms with E-state index in [4.69, 9.17) is 15.1 Å². The number of nitrogen functional groups attached to an aromatic ring is 1. The Kier molecular flexibility index (Phi) is 3.75. The van der Waals surface area contributed by atoms with E-state index in [2.05, 4.69) is 48.5 Å². The number of hydrogen-bond acceptors (Lipinski definition) is 3. The molecule has 0 radical (unpaired) electrons. The first-order valence-electron chi connectivity index (χ1n) is 10.2. The molecule has 0 saturated heterocycles. The fourth-order valence-corrected chi connectivity index (χ4v) is 4.57. The maximum Gasteiger partial charge on any atom is 0.230 e. The van der Waals surface area contributed by atoms with E-state index in [9.17, 15) is 0 Å². The van der Waals surface area contributed by atoms with Crippen LogP contribution in [0.3, 0.4) is 0 Å². The molecule has 3 nitrogen and oxygen atoms in total. The Balaban J connectivity index is 1.72. The molecule has 0 unspecified atom stereocenters. The highest BCUT2D eigenvalue weighted by Gasteiger charge is 2.27. The van der Waals surface area contributed by atoms with E-state index in [1.54, 1.807) is 0 Å². The van der Waals surface area contributed by atoms with E-state index in [-0.39, 0.29) is 0 Å². The van der Waals surface area contributed by atoms with Gasteiger partial charge in [0.05, 0.1) is 16.8 Å². The number of nitrogens with two attached hydrogens (primary N) is 1. The number of benzene rings is 3. The predicted octanol–water partition coefficient (Wildman–Crippen LogP) is 6.51. The van der Waals surface area contributed by atoms with E-state index in [1.165, 1.54) is 5.56 Å². The van der Waals surface area contributed by atoms with E-state index < -0.39 is 0 Å². The second-order valence-electron chi connectivity index (χ2n) is 7.73. The quantitative estimate of drug-likeness (QED) is 0.375. The Morgan fingerprint density at radius 3 is 2.17 bits per heavy atom. The number of fused-ring (bicyclic) bond motifs is 4. The molecule has 2 heterocycles. The lowest BCUT2D eigenvalue weighted by atomic mass is 9.87. The molecule has 0 atom stereocenters. The van der Waals surface area contributed by atoms with Gasteiger partial charge in [-0.25, -0.2) is 4.98 Å². The van der Waals surface area contributed by atoms with Crippen molar-refractivity contribution in [2.75, 3.05) is 5.73 Å². The molecule has 0 fully saturated rings. The minimum absolute atomic E-state index is 0.598. The first-order valence-corrected chi connectivity index (χ1v) is 10.2. The number of anilines is 1. The molecule has 5 aromatic rings. The van der Waals surface area contributed by atoms with Crippen LogP contribution in [0.15, 0.2) is 89.3 Å². The molecule has 3 aromatic carbocycles. The van der Waals surface area contributed by atoms with Crippen molar-refractivity contribution in [2.24, 2.45) is 0 Å². The van der Waals surface area contributed by atoms with Crippen LogP contribution in [0.2, 0.25) is 0 Å². The Bertz CT molecular complexity index is 1390. The summed E-state index contributed by atoms with van der Waals surface area (Å²) in [6, 6.07) is 28.9. The zero-order chi connectivity index (χ0) is 20.1. The maximum absolute atomic E-state index is 6.83. The molecule has 2 aromatic heterocycles. The van der Waals surface area contributed by atoms with Gasteiger partial charge in [0.15, 0.2) is 0 Å². The first-order chi connectivity index (χ1) is 14.8. The zero-order valence-electron chi connectivity index (χ0n) is 16.4. The van der Waals surface area contributed by atoms with Crippen LogP contribution >= 0.6 is 0 Å². The van der Waals surface area contributed by atoms with Gasteiger partial charge in [0.25, 0.3) is 0 Å². The van der Waals surface area contributed by atoms with E-state index in [0.717, 1.165) is 63.2 Å². The van der Waals surface area contributed by atoms with Gasteiger partial charge in [-0.05, 0) is 24.0 Å². The van der Waals surface area contributed by atoms with E-state index in [1.807, 2.05) is 36.4 Å². The van der Waals surface area contributed by atoms with E-state index in [0.29, 0.717) is 5.71 Å². The normalized spacial score (nSPS) is 12.5. The molecular formula is C27H20N2O. The van der Waals surface area contributed by atoms with E-state index >= 15 is 0 Å². The van der Waals surface area contributed by atoms with Crippen molar-refractivity contribution in [3.63, 3.8) is 0 Å². The lowest BCUT2D eigenvalue weighted by molar-refractivity contribution is 0.619. The second-order valence-corrected chi connectivity index (χ2v) is 7.73. The Hall–Kier alpha value is -3.85. The van der Waals surface area contributed by atoms with Gasteiger partial charge in [-0.3, -0.25) is 0 Å². The largest absolute Gasteiger partial charge is 0.437 e. The second kappa shape index (κ2) is 6.60. The molecule has 0 saturated carbocycles. The summed E-state index contributed by atoms with van der Waals surface area (Å²) in [5, 5.41) is 0.915. The summed E-state index contributed by atoms with van der Waals surface area (Å²) < 4.78 is 6.41. The number of furan rings is 1. The summed E-state index contributed by atoms with van der Waals surface area (Å²) in [4.78, 5) is 5.00. The molecule has 144 valence electrons. The van der Waals surface area contributed by atoms with Gasteiger partial charge in [0.1, 0.15) is 5.76 Å². The van der Waals surface area contributed by atoms with Crippen molar-refractivity contribution in [1.29, 1.82) is 0 Å². The third-order valence-corrected chi connectivity index (χ3v) is 6.00. The fraction of sp³-hybridized carbons (Fsp3) is 0.0741. The fourth-order valence-electron chi connectivity index (χ4n) is 4.57. The maximum atomic E-state index is 6.83. The van der Waals surface area contributed by atoms with Gasteiger partial charge in [0, 0.05) is 22.3 Å². The van der Waals surface area contributed by atoms with Crippen molar-refractivity contribution in [3.8, 4) is 33.7 Å². The lowest BCUT2D eigenvalue weighted by Gasteiger charge is -2.20. The van der Waals surface area contributed by atoms with Gasteiger partial charge in [-0.15, -0.1) is 0 Å². The molecule has 0 bridgehead atoms. The van der Waals surface area contributed by atoms with Crippen LogP contribution in [-0.2, 0) is 12.8 Å². The molecule has 2 N–H and O–H groups in total. The number of aromatic nitrogens is 1. The molecule has 30 heavy (non-hydrogen) atoms. The smallest absolute Gasteiger partial charge is 0.230 e. The summed E-state index contributed by atoms with van der Waals surface area (Å²) in [5.41, 5.74) is 15.9. The molecule has 0 spiro atoms. The number of hydrogen-bond donors (Lipinski definition) is 1. The molecule has 6 rings (SSSR count). The Morgan fingerprint density at radius 1 is 0.733 bits per heavy atom. The highest BCUT2D eigenvalue weighted by molar-refractivity contribution is 6.08. The highest BCUT2D eigenvalue weighted by atomic mass is 16.3. The van der Waals surface area contributed by atoms with Crippen molar-refractivity contribution in [3.05, 3.63) is 96.1 Å². The highest BCUT2D eigenvalue weighted by Crippen LogP contribution is 2.46. The summed E-state index contributed by atoms with van der Waals surface area (Å²) >= 11 is 0. The summed E-state index contributed by atoms with van der Waals surface area (Å²) in [6.45, 7) is 0. The summed E-state index contributed by atoms with van der Waals surface area (Å²) in [5.74, 6) is 0.812. The van der Waals surface area contributed by atoms with Crippen molar-refractivity contribution < 1.29 is 4.42 Å². The number of aryl methyl sites for hydroxylation is 1. The molecule has 1 aliphatic carbocycles. The minimum Gasteiger partial charge on any atom is -0.437 e. The average Bonchev–Trinajstić information content (AvgIpc) is 3.20. The van der Waals surface area contributed by atoms with Gasteiger partial charge >= 0.3 is 0 Å². The molecule has 0 aliphatic heterocycles. The monoisotopic (exact) mass is 388 g/mol. The van der Waals surface area contributed by atoms with Crippen molar-refractivity contribution >= 4 is 16.8 Å². The zero-order valence-corrected chi connectivity index (χ0v) is 16.4. The summed E-state index contributed by atoms with van der Waals surface area (Å²) in [7, 11) is 0. The third kappa shape index (κ3) is 2.49. The van der Waals surface area contributed by atoms with Gasteiger partial charge in [-0.1, -0.05) is 84.9 Å². The SMILES string of the molecule is Nc1c2c(nc3oc(-c4ccccc4)c(-c4ccccc4)c13)-c1ccccc1CC2. The molecular weight excluding hydrogens is 368 g/mol. The van der Waals surface area contributed by atoms with Gasteiger partial charge in [0.2, 0.25) is 5.71 Å². The summed E-state index contributed by atoms with van der Waals surface area (Å²) in [6.07, 6.45) is 1.87. The van der Waals surface area contributed by atoms with Crippen molar-refractivity contribution in [2.45, 2.75) is 12.8 Å². The van der Waals surface area contributed by atoms with Crippen LogP contribution in [0.25, 0.3) is 44.8 Å². The van der Waals surface area contributed by atoms with Crippen LogP contribution in [0, 0.1) is 0 Å². The minimum atomic E-state index is 0.598. The topological polar surface area (TPSA) is 52.0 Å². The number of pyridine rings is 1.